The zero-order valence-corrected chi connectivity index (χ0v) is 15.6. The normalized spacial score (nSPS) is 17.0. The van der Waals surface area contributed by atoms with Gasteiger partial charge in [-0.3, -0.25) is 4.79 Å². The molecule has 0 saturated carbocycles. The number of carbonyl (C=O) groups is 1. The third kappa shape index (κ3) is 5.16. The average molecular weight is 365 g/mol. The van der Waals surface area contributed by atoms with Crippen molar-refractivity contribution in [1.29, 1.82) is 0 Å². The van der Waals surface area contributed by atoms with Crippen LogP contribution in [0.1, 0.15) is 44.1 Å². The number of amides is 1. The van der Waals surface area contributed by atoms with Gasteiger partial charge in [0, 0.05) is 13.2 Å². The van der Waals surface area contributed by atoms with Crippen LogP contribution >= 0.6 is 0 Å². The van der Waals surface area contributed by atoms with Crippen LogP contribution in [0.2, 0.25) is 0 Å². The van der Waals surface area contributed by atoms with Crippen molar-refractivity contribution in [2.45, 2.75) is 50.3 Å². The van der Waals surface area contributed by atoms with Crippen LogP contribution in [0, 0.1) is 12.3 Å². The van der Waals surface area contributed by atoms with E-state index in [2.05, 4.69) is 11.3 Å². The highest BCUT2D eigenvalue weighted by molar-refractivity contribution is 7.90. The predicted octanol–water partition coefficient (Wildman–Crippen LogP) is 3.34. The van der Waals surface area contributed by atoms with Crippen LogP contribution in [0.15, 0.2) is 41.8 Å². The molecule has 1 heterocycles. The molecule has 0 atom stereocenters. The number of hydrogen-bond acceptors (Lipinski definition) is 4. The summed E-state index contributed by atoms with van der Waals surface area (Å²) in [7, 11) is -3.86. The summed E-state index contributed by atoms with van der Waals surface area (Å²) in [6, 6.07) is 6.48. The molecule has 0 radical (unpaired) electrons. The molecule has 0 unspecified atom stereocenters. The zero-order valence-electron chi connectivity index (χ0n) is 14.8. The highest BCUT2D eigenvalue weighted by atomic mass is 32.2. The Hall–Kier alpha value is -1.66. The topological polar surface area (TPSA) is 72.5 Å². The van der Waals surface area contributed by atoms with E-state index < -0.39 is 21.3 Å². The summed E-state index contributed by atoms with van der Waals surface area (Å²) >= 11 is 0. The highest BCUT2D eigenvalue weighted by Gasteiger charge is 2.41. The van der Waals surface area contributed by atoms with E-state index in [1.54, 1.807) is 12.1 Å². The van der Waals surface area contributed by atoms with Gasteiger partial charge < -0.3 is 4.74 Å². The van der Waals surface area contributed by atoms with Crippen molar-refractivity contribution in [3.05, 3.63) is 42.5 Å². The minimum atomic E-state index is -3.86. The second kappa shape index (κ2) is 8.63. The lowest BCUT2D eigenvalue weighted by molar-refractivity contribution is -0.135. The van der Waals surface area contributed by atoms with Crippen molar-refractivity contribution in [1.82, 2.24) is 4.72 Å². The van der Waals surface area contributed by atoms with Crippen LogP contribution in [-0.4, -0.2) is 27.5 Å². The predicted molar refractivity (Wildman–Crippen MR) is 97.7 cm³/mol. The summed E-state index contributed by atoms with van der Waals surface area (Å²) < 4.78 is 32.8. The van der Waals surface area contributed by atoms with Crippen molar-refractivity contribution < 1.29 is 17.9 Å². The fourth-order valence-corrected chi connectivity index (χ4v) is 4.18. The molecule has 1 amide bonds. The molecule has 0 aliphatic carbocycles. The molecule has 0 bridgehead atoms. The number of benzene rings is 1. The van der Waals surface area contributed by atoms with Gasteiger partial charge in [0.2, 0.25) is 5.91 Å². The molecule has 25 heavy (non-hydrogen) atoms. The summed E-state index contributed by atoms with van der Waals surface area (Å²) in [6.07, 6.45) is 6.34. The minimum absolute atomic E-state index is 0.111. The number of unbranched alkanes of at least 4 members (excludes halogenated alkanes) is 2. The Bertz CT molecular complexity index is 689. The van der Waals surface area contributed by atoms with Gasteiger partial charge in [0.1, 0.15) is 0 Å². The van der Waals surface area contributed by atoms with Crippen molar-refractivity contribution in [3.8, 4) is 0 Å². The molecule has 138 valence electrons. The van der Waals surface area contributed by atoms with Crippen molar-refractivity contribution in [3.63, 3.8) is 0 Å². The maximum absolute atomic E-state index is 12.9. The monoisotopic (exact) mass is 365 g/mol. The van der Waals surface area contributed by atoms with Gasteiger partial charge in [-0.25, -0.2) is 13.1 Å². The quantitative estimate of drug-likeness (QED) is 0.566. The number of carbonyl (C=O) groups excluding carboxylic acids is 1. The number of rotatable bonds is 8. The molecular formula is C19H27NO4S. The van der Waals surface area contributed by atoms with Crippen LogP contribution in [-0.2, 0) is 19.6 Å². The highest BCUT2D eigenvalue weighted by Crippen LogP contribution is 2.36. The molecular weight excluding hydrogens is 338 g/mol. The van der Waals surface area contributed by atoms with Gasteiger partial charge >= 0.3 is 0 Å². The van der Waals surface area contributed by atoms with Gasteiger partial charge in [0.15, 0.2) is 0 Å². The third-order valence-corrected chi connectivity index (χ3v) is 6.15. The second-order valence-electron chi connectivity index (χ2n) is 6.67. The first kappa shape index (κ1) is 19.7. The second-order valence-corrected chi connectivity index (χ2v) is 8.36. The molecule has 5 nitrogen and oxygen atoms in total. The smallest absolute Gasteiger partial charge is 0.264 e. The molecule has 1 fully saturated rings. The zero-order chi connectivity index (χ0) is 18.3. The Morgan fingerprint density at radius 3 is 2.48 bits per heavy atom. The average Bonchev–Trinajstić information content (AvgIpc) is 2.59. The number of hydrogen-bond donors (Lipinski definition) is 1. The number of nitrogens with one attached hydrogen (secondary N) is 1. The summed E-state index contributed by atoms with van der Waals surface area (Å²) in [6.45, 7) is 6.56. The minimum Gasteiger partial charge on any atom is -0.381 e. The Morgan fingerprint density at radius 1 is 1.24 bits per heavy atom. The Balaban J connectivity index is 2.12. The lowest BCUT2D eigenvalue weighted by Crippen LogP contribution is -2.46. The number of aryl methyl sites for hydroxylation is 1. The maximum atomic E-state index is 12.9. The van der Waals surface area contributed by atoms with Crippen molar-refractivity contribution in [2.75, 3.05) is 13.2 Å². The number of allylic oxidation sites excluding steroid dienone is 1. The van der Waals surface area contributed by atoms with Gasteiger partial charge in [-0.1, -0.05) is 30.2 Å². The van der Waals surface area contributed by atoms with Crippen molar-refractivity contribution in [2.24, 2.45) is 5.41 Å². The molecule has 2 rings (SSSR count). The molecule has 1 N–H and O–H groups in total. The van der Waals surface area contributed by atoms with E-state index in [-0.39, 0.29) is 4.90 Å². The lowest BCUT2D eigenvalue weighted by atomic mass is 9.75. The summed E-state index contributed by atoms with van der Waals surface area (Å²) in [4.78, 5) is 13.0. The molecule has 6 heteroatoms. The van der Waals surface area contributed by atoms with Crippen LogP contribution < -0.4 is 4.72 Å². The van der Waals surface area contributed by atoms with Crippen molar-refractivity contribution >= 4 is 15.9 Å². The van der Waals surface area contributed by atoms with Crippen LogP contribution in [0.25, 0.3) is 0 Å². The van der Waals surface area contributed by atoms with E-state index in [0.717, 1.165) is 24.8 Å². The first-order valence-electron chi connectivity index (χ1n) is 8.72. The number of ether oxygens (including phenoxy) is 1. The van der Waals surface area contributed by atoms with Gasteiger partial charge in [0.05, 0.1) is 10.3 Å². The molecule has 1 saturated heterocycles. The molecule has 1 aromatic carbocycles. The van der Waals surface area contributed by atoms with E-state index in [1.165, 1.54) is 12.1 Å². The third-order valence-electron chi connectivity index (χ3n) is 4.80. The molecule has 1 aromatic rings. The molecule has 1 aliphatic heterocycles. The van der Waals surface area contributed by atoms with Gasteiger partial charge in [0.25, 0.3) is 10.0 Å². The standard InChI is InChI=1S/C19H27NO4S/c1-3-4-5-6-11-19(12-14-24-15-13-19)18(21)20-25(22,23)17-9-7-16(2)8-10-17/h3,7-10H,1,4-6,11-15H2,2H3,(H,20,21). The SMILES string of the molecule is C=CCCCCC1(C(=O)NS(=O)(=O)c2ccc(C)cc2)CCOCC1. The summed E-state index contributed by atoms with van der Waals surface area (Å²) in [5, 5.41) is 0. The fourth-order valence-electron chi connectivity index (χ4n) is 3.11. The summed E-state index contributed by atoms with van der Waals surface area (Å²) in [5.74, 6) is -0.407. The van der Waals surface area contributed by atoms with Crippen LogP contribution in [0.3, 0.4) is 0 Å². The van der Waals surface area contributed by atoms with Gasteiger partial charge in [-0.05, 0) is 51.2 Å². The maximum Gasteiger partial charge on any atom is 0.264 e. The molecule has 0 aromatic heterocycles. The van der Waals surface area contributed by atoms with E-state index >= 15 is 0 Å². The lowest BCUT2D eigenvalue weighted by Gasteiger charge is -2.35. The van der Waals surface area contributed by atoms with E-state index in [9.17, 15) is 13.2 Å². The molecule has 1 aliphatic rings. The fraction of sp³-hybridized carbons (Fsp3) is 0.526. The first-order chi connectivity index (χ1) is 11.9. The van der Waals surface area contributed by atoms with Gasteiger partial charge in [-0.15, -0.1) is 6.58 Å². The van der Waals surface area contributed by atoms with E-state index in [4.69, 9.17) is 4.74 Å². The largest absolute Gasteiger partial charge is 0.381 e. The van der Waals surface area contributed by atoms with Gasteiger partial charge in [-0.2, -0.15) is 0 Å². The van der Waals surface area contributed by atoms with Crippen LogP contribution in [0.4, 0.5) is 0 Å². The Kier molecular flexibility index (Phi) is 6.79. The van der Waals surface area contributed by atoms with E-state index in [0.29, 0.717) is 32.5 Å². The summed E-state index contributed by atoms with van der Waals surface area (Å²) in [5.41, 5.74) is 0.297. The molecule has 0 spiro atoms. The van der Waals surface area contributed by atoms with E-state index in [1.807, 2.05) is 13.0 Å². The van der Waals surface area contributed by atoms with Crippen LogP contribution in [0.5, 0.6) is 0 Å². The number of sulfonamides is 1. The Labute approximate surface area is 150 Å². The Morgan fingerprint density at radius 2 is 1.88 bits per heavy atom. The first-order valence-corrected chi connectivity index (χ1v) is 10.2.